The van der Waals surface area contributed by atoms with Gasteiger partial charge in [-0.25, -0.2) is 4.79 Å². The second-order valence-electron chi connectivity index (χ2n) is 10.7. The van der Waals surface area contributed by atoms with Crippen LogP contribution in [0, 0.1) is 6.92 Å². The molecule has 2 aromatic heterocycles. The molecule has 6 nitrogen and oxygen atoms in total. The quantitative estimate of drug-likeness (QED) is 0.0708. The average Bonchev–Trinajstić information content (AvgIpc) is 3.76. The topological polar surface area (TPSA) is 89.9 Å². The van der Waals surface area contributed by atoms with Crippen molar-refractivity contribution >= 4 is 57.5 Å². The lowest BCUT2D eigenvalue weighted by Gasteiger charge is -2.18. The molecule has 0 aliphatic carbocycles. The summed E-state index contributed by atoms with van der Waals surface area (Å²) >= 11 is 4.60. The van der Waals surface area contributed by atoms with Crippen LogP contribution in [0.1, 0.15) is 56.8 Å². The summed E-state index contributed by atoms with van der Waals surface area (Å²) in [6.07, 6.45) is 0. The zero-order chi connectivity index (χ0) is 33.5. The number of ketones is 2. The van der Waals surface area contributed by atoms with E-state index >= 15 is 0 Å². The first-order chi connectivity index (χ1) is 22.6. The molecule has 9 heteroatoms. The summed E-state index contributed by atoms with van der Waals surface area (Å²) in [6.45, 7) is 7.13. The van der Waals surface area contributed by atoms with Crippen molar-refractivity contribution in [2.24, 2.45) is 0 Å². The Balaban J connectivity index is 1.50. The van der Waals surface area contributed by atoms with Crippen LogP contribution < -0.4 is 4.74 Å². The second kappa shape index (κ2) is 15.4. The van der Waals surface area contributed by atoms with Crippen molar-refractivity contribution in [2.75, 3.05) is 19.0 Å². The molecule has 0 aliphatic heterocycles. The van der Waals surface area contributed by atoms with Crippen LogP contribution in [-0.2, 0) is 9.53 Å². The molecule has 47 heavy (non-hydrogen) atoms. The number of hydrogen-bond acceptors (Lipinski definition) is 8. The highest BCUT2D eigenvalue weighted by atomic mass is 32.2. The molecular formula is C38H34O6S3. The molecule has 0 bridgehead atoms. The molecule has 0 saturated heterocycles. The van der Waals surface area contributed by atoms with Gasteiger partial charge in [0.2, 0.25) is 0 Å². The smallest absolute Gasteiger partial charge is 0.341 e. The predicted octanol–water partition coefficient (Wildman–Crippen LogP) is 9.91. The summed E-state index contributed by atoms with van der Waals surface area (Å²) in [6, 6.07) is 30.1. The van der Waals surface area contributed by atoms with Crippen LogP contribution in [0.15, 0.2) is 102 Å². The highest BCUT2D eigenvalue weighted by Gasteiger charge is 2.17. The molecule has 5 rings (SSSR count). The number of hydrogen-bond donors (Lipinski definition) is 1. The Morgan fingerprint density at radius 3 is 1.70 bits per heavy atom. The Bertz CT molecular complexity index is 1830. The fourth-order valence-electron chi connectivity index (χ4n) is 4.98. The van der Waals surface area contributed by atoms with Crippen molar-refractivity contribution < 1.29 is 29.0 Å². The van der Waals surface area contributed by atoms with Crippen LogP contribution >= 0.6 is 34.4 Å². The van der Waals surface area contributed by atoms with Crippen LogP contribution in [0.3, 0.4) is 0 Å². The van der Waals surface area contributed by atoms with Gasteiger partial charge >= 0.3 is 5.97 Å². The lowest BCUT2D eigenvalue weighted by molar-refractivity contribution is -0.139. The molecule has 5 aromatic rings. The highest BCUT2D eigenvalue weighted by Crippen LogP contribution is 2.36. The molecule has 0 aliphatic rings. The average molecular weight is 683 g/mol. The zero-order valence-electron chi connectivity index (χ0n) is 26.5. The van der Waals surface area contributed by atoms with Gasteiger partial charge in [0.25, 0.3) is 0 Å². The summed E-state index contributed by atoms with van der Waals surface area (Å²) in [5, 5.41) is 8.97. The molecule has 0 fully saturated rings. The molecule has 2 heterocycles. The van der Waals surface area contributed by atoms with E-state index in [0.717, 1.165) is 63.6 Å². The van der Waals surface area contributed by atoms with Gasteiger partial charge < -0.3 is 14.6 Å². The van der Waals surface area contributed by atoms with E-state index in [2.05, 4.69) is 48.5 Å². The van der Waals surface area contributed by atoms with Gasteiger partial charge in [-0.15, -0.1) is 34.4 Å². The van der Waals surface area contributed by atoms with E-state index in [-0.39, 0.29) is 18.2 Å². The third-order valence-electron chi connectivity index (χ3n) is 7.29. The fraction of sp³-hybridized carbons (Fsp3) is 0.184. The van der Waals surface area contributed by atoms with Gasteiger partial charge in [0, 0.05) is 20.2 Å². The summed E-state index contributed by atoms with van der Waals surface area (Å²) in [5.41, 5.74) is 5.89. The van der Waals surface area contributed by atoms with Crippen LogP contribution in [0.5, 0.6) is 5.75 Å². The number of benzene rings is 3. The third-order valence-corrected chi connectivity index (χ3v) is 10.8. The molecule has 240 valence electrons. The van der Waals surface area contributed by atoms with Crippen LogP contribution in [-0.4, -0.2) is 41.6 Å². The number of aryl methyl sites for hydroxylation is 1. The van der Waals surface area contributed by atoms with Gasteiger partial charge in [0.15, 0.2) is 18.2 Å². The predicted molar refractivity (Wildman–Crippen MR) is 192 cm³/mol. The van der Waals surface area contributed by atoms with Crippen LogP contribution in [0.4, 0.5) is 0 Å². The van der Waals surface area contributed by atoms with Gasteiger partial charge in [-0.2, -0.15) is 0 Å². The van der Waals surface area contributed by atoms with E-state index in [1.807, 2.05) is 50.2 Å². The maximum atomic E-state index is 11.9. The number of thioether (sulfide) groups is 1. The first-order valence-electron chi connectivity index (χ1n) is 15.0. The minimum absolute atomic E-state index is 0.0584. The number of carbonyl (C=O) groups excluding carboxylic acids is 2. The lowest BCUT2D eigenvalue weighted by atomic mass is 9.95. The number of carbonyl (C=O) groups is 3. The van der Waals surface area contributed by atoms with Gasteiger partial charge in [-0.1, -0.05) is 48.5 Å². The van der Waals surface area contributed by atoms with Gasteiger partial charge in [0.05, 0.1) is 22.1 Å². The SMILES string of the molecule is CCOC(CSc1ccc(OCC(=O)O)c(C)c1)=C(c1ccc(-c2ccc(C(C)=O)s2)cc1)c1ccc(-c2ccc(C(C)=O)s2)cc1. The number of carboxylic acid groups (broad SMARTS) is 1. The van der Waals surface area contributed by atoms with Crippen molar-refractivity contribution in [1.82, 2.24) is 0 Å². The Labute approximate surface area is 286 Å². The van der Waals surface area contributed by atoms with Crippen molar-refractivity contribution in [2.45, 2.75) is 32.6 Å². The normalized spacial score (nSPS) is 10.8. The number of ether oxygens (including phenoxy) is 2. The minimum Gasteiger partial charge on any atom is -0.497 e. The summed E-state index contributed by atoms with van der Waals surface area (Å²) in [7, 11) is 0. The van der Waals surface area contributed by atoms with Crippen molar-refractivity contribution in [3.05, 3.63) is 123 Å². The maximum Gasteiger partial charge on any atom is 0.341 e. The highest BCUT2D eigenvalue weighted by molar-refractivity contribution is 7.99. The fourth-order valence-corrected chi connectivity index (χ4v) is 7.74. The van der Waals surface area contributed by atoms with Crippen LogP contribution in [0.2, 0.25) is 0 Å². The molecule has 0 saturated carbocycles. The lowest BCUT2D eigenvalue weighted by Crippen LogP contribution is -2.10. The molecular weight excluding hydrogens is 649 g/mol. The number of thiophene rings is 2. The largest absolute Gasteiger partial charge is 0.497 e. The summed E-state index contributed by atoms with van der Waals surface area (Å²) in [5.74, 6) is 1.02. The minimum atomic E-state index is -1.02. The maximum absolute atomic E-state index is 11.9. The first-order valence-corrected chi connectivity index (χ1v) is 17.6. The van der Waals surface area contributed by atoms with Gasteiger partial charge in [-0.3, -0.25) is 9.59 Å². The van der Waals surface area contributed by atoms with Crippen molar-refractivity contribution in [3.63, 3.8) is 0 Å². The first kappa shape index (κ1) is 33.9. The van der Waals surface area contributed by atoms with Gasteiger partial charge in [-0.05, 0) is 98.0 Å². The van der Waals surface area contributed by atoms with Gasteiger partial charge in [0.1, 0.15) is 11.5 Å². The Morgan fingerprint density at radius 2 is 1.28 bits per heavy atom. The van der Waals surface area contributed by atoms with E-state index in [1.165, 1.54) is 22.7 Å². The molecule has 0 atom stereocenters. The van der Waals surface area contributed by atoms with E-state index in [9.17, 15) is 14.4 Å². The summed E-state index contributed by atoms with van der Waals surface area (Å²) < 4.78 is 11.7. The van der Waals surface area contributed by atoms with E-state index in [4.69, 9.17) is 14.6 Å². The number of aliphatic carboxylic acids is 1. The molecule has 3 aromatic carbocycles. The standard InChI is InChI=1S/C38H34O6S3/c1-5-43-32(22-45-30-14-15-31(23(2)20-30)44-21-37(41)42)38(28-10-6-26(7-11-28)35-18-16-33(46-35)24(3)39)29-12-8-27(9-13-29)36-19-17-34(47-36)25(4)40/h6-20H,5,21-22H2,1-4H3,(H,41,42). The third kappa shape index (κ3) is 8.48. The van der Waals surface area contributed by atoms with Crippen LogP contribution in [0.25, 0.3) is 26.5 Å². The number of Topliss-reactive ketones (excluding diaryl/α,β-unsaturated/α-hetero) is 2. The summed E-state index contributed by atoms with van der Waals surface area (Å²) in [4.78, 5) is 39.2. The van der Waals surface area contributed by atoms with E-state index in [1.54, 1.807) is 31.7 Å². The molecule has 0 radical (unpaired) electrons. The molecule has 0 amide bonds. The van der Waals surface area contributed by atoms with E-state index in [0.29, 0.717) is 18.1 Å². The van der Waals surface area contributed by atoms with E-state index < -0.39 is 5.97 Å². The van der Waals surface area contributed by atoms with Crippen molar-refractivity contribution in [3.8, 4) is 26.6 Å². The Hall–Kier alpha value is -4.44. The monoisotopic (exact) mass is 682 g/mol. The second-order valence-corrected chi connectivity index (χ2v) is 13.9. The Kier molecular flexibility index (Phi) is 11.1. The molecule has 0 spiro atoms. The number of rotatable bonds is 14. The Morgan fingerprint density at radius 1 is 0.745 bits per heavy atom. The number of carboxylic acids is 1. The molecule has 1 N–H and O–H groups in total. The zero-order valence-corrected chi connectivity index (χ0v) is 28.9. The molecule has 0 unspecified atom stereocenters. The van der Waals surface area contributed by atoms with Crippen molar-refractivity contribution in [1.29, 1.82) is 0 Å².